The quantitative estimate of drug-likeness (QED) is 0.693. The van der Waals surface area contributed by atoms with Gasteiger partial charge in [0.05, 0.1) is 6.54 Å². The minimum absolute atomic E-state index is 0.0387. The van der Waals surface area contributed by atoms with Crippen LogP contribution in [-0.2, 0) is 22.6 Å². The van der Waals surface area contributed by atoms with Gasteiger partial charge in [-0.15, -0.1) is 0 Å². The van der Waals surface area contributed by atoms with E-state index in [1.54, 1.807) is 29.0 Å². The second-order valence-electron chi connectivity index (χ2n) is 7.78. The Morgan fingerprint density at radius 1 is 1.03 bits per heavy atom. The molecule has 0 unspecified atom stereocenters. The molecule has 1 fully saturated rings. The van der Waals surface area contributed by atoms with Crippen LogP contribution in [0.15, 0.2) is 42.5 Å². The van der Waals surface area contributed by atoms with Gasteiger partial charge in [-0.3, -0.25) is 9.59 Å². The van der Waals surface area contributed by atoms with Crippen LogP contribution in [-0.4, -0.2) is 46.5 Å². The molecule has 1 aromatic heterocycles. The van der Waals surface area contributed by atoms with Crippen molar-refractivity contribution in [3.05, 3.63) is 59.3 Å². The number of hydrogen-bond acceptors (Lipinski definition) is 4. The number of aromatic amines is 1. The van der Waals surface area contributed by atoms with Gasteiger partial charge >= 0.3 is 0 Å². The maximum absolute atomic E-state index is 13.5. The summed E-state index contributed by atoms with van der Waals surface area (Å²) in [5.74, 6) is 1.16. The number of nitrogens with one attached hydrogen (secondary N) is 1. The summed E-state index contributed by atoms with van der Waals surface area (Å²) < 4.78 is 10.8. The highest BCUT2D eigenvalue weighted by atomic mass is 16.7. The average Bonchev–Trinajstić information content (AvgIpc) is 3.35. The van der Waals surface area contributed by atoms with E-state index in [-0.39, 0.29) is 18.6 Å². The molecule has 4 heterocycles. The maximum atomic E-state index is 13.5. The molecule has 0 spiro atoms. The van der Waals surface area contributed by atoms with Crippen molar-refractivity contribution in [3.8, 4) is 11.5 Å². The highest BCUT2D eigenvalue weighted by Crippen LogP contribution is 2.40. The summed E-state index contributed by atoms with van der Waals surface area (Å²) in [5, 5.41) is 1.13. The van der Waals surface area contributed by atoms with Gasteiger partial charge < -0.3 is 24.3 Å². The number of para-hydroxylation sites is 1. The van der Waals surface area contributed by atoms with Crippen LogP contribution in [0.25, 0.3) is 10.9 Å². The fourth-order valence-corrected chi connectivity index (χ4v) is 4.79. The minimum Gasteiger partial charge on any atom is -0.454 e. The topological polar surface area (TPSA) is 74.9 Å². The number of benzene rings is 2. The molecule has 7 heteroatoms. The highest BCUT2D eigenvalue weighted by Gasteiger charge is 2.47. The number of aromatic nitrogens is 1. The molecule has 3 aromatic rings. The van der Waals surface area contributed by atoms with Crippen molar-refractivity contribution in [2.24, 2.45) is 0 Å². The van der Waals surface area contributed by atoms with Crippen LogP contribution in [0.2, 0.25) is 0 Å². The number of hydrogen-bond donors (Lipinski definition) is 1. The van der Waals surface area contributed by atoms with E-state index in [1.807, 2.05) is 24.3 Å². The third-order valence-electron chi connectivity index (χ3n) is 6.25. The number of fused-ring (bicyclic) bond motifs is 5. The summed E-state index contributed by atoms with van der Waals surface area (Å²) in [6.45, 7) is 0.581. The molecule has 6 rings (SSSR count). The van der Waals surface area contributed by atoms with Gasteiger partial charge in [-0.2, -0.15) is 0 Å². The Balaban J connectivity index is 1.41. The number of carbonyl (C=O) groups excluding carboxylic acids is 2. The van der Waals surface area contributed by atoms with Crippen molar-refractivity contribution < 1.29 is 19.1 Å². The number of amides is 2. The number of rotatable bonds is 1. The molecule has 2 amide bonds. The number of carbonyl (C=O) groups is 2. The van der Waals surface area contributed by atoms with Gasteiger partial charge in [0.1, 0.15) is 12.1 Å². The van der Waals surface area contributed by atoms with Crippen LogP contribution in [0.5, 0.6) is 11.5 Å². The zero-order valence-corrected chi connectivity index (χ0v) is 15.8. The van der Waals surface area contributed by atoms with Gasteiger partial charge in [0, 0.05) is 30.1 Å². The van der Waals surface area contributed by atoms with E-state index in [0.717, 1.165) is 27.7 Å². The normalized spacial score (nSPS) is 22.8. The van der Waals surface area contributed by atoms with E-state index in [4.69, 9.17) is 9.47 Å². The monoisotopic (exact) mass is 389 g/mol. The molecule has 29 heavy (non-hydrogen) atoms. The highest BCUT2D eigenvalue weighted by molar-refractivity contribution is 5.99. The molecule has 146 valence electrons. The third-order valence-corrected chi connectivity index (χ3v) is 6.25. The zero-order chi connectivity index (χ0) is 19.7. The first-order chi connectivity index (χ1) is 14.1. The standard InChI is InChI=1S/C22H19N3O4/c1-24-20(12-6-7-18-19(8-12)29-11-28-18)22(27)25-10-16-14(9-17(25)21(24)26)13-4-2-3-5-15(13)23-16/h2-8,17,20,23H,9-11H2,1H3/t17-,20-/m0/s1. The lowest BCUT2D eigenvalue weighted by Crippen LogP contribution is -2.61. The van der Waals surface area contributed by atoms with Gasteiger partial charge in [0.25, 0.3) is 5.91 Å². The lowest BCUT2D eigenvalue weighted by Gasteiger charge is -2.45. The lowest BCUT2D eigenvalue weighted by atomic mass is 9.90. The van der Waals surface area contributed by atoms with Gasteiger partial charge in [-0.25, -0.2) is 0 Å². The molecule has 7 nitrogen and oxygen atoms in total. The van der Waals surface area contributed by atoms with E-state index in [1.165, 1.54) is 0 Å². The molecule has 1 N–H and O–H groups in total. The minimum atomic E-state index is -0.667. The second kappa shape index (κ2) is 5.76. The van der Waals surface area contributed by atoms with E-state index in [9.17, 15) is 9.59 Å². The Hall–Kier alpha value is -3.48. The molecule has 1 saturated heterocycles. The largest absolute Gasteiger partial charge is 0.454 e. The number of likely N-dealkylation sites (N-methyl/N-ethyl adjacent to an activating group) is 1. The SMILES string of the molecule is CN1C(=O)[C@@H]2Cc3c([nH]c4ccccc34)CN2C(=O)[C@@H]1c1ccc2c(c1)OCO2. The molecule has 3 aliphatic rings. The summed E-state index contributed by atoms with van der Waals surface area (Å²) in [7, 11) is 1.71. The number of piperazine rings is 1. The third kappa shape index (κ3) is 2.24. The van der Waals surface area contributed by atoms with Crippen LogP contribution < -0.4 is 9.47 Å². The van der Waals surface area contributed by atoms with E-state index in [2.05, 4.69) is 11.1 Å². The summed E-state index contributed by atoms with van der Waals surface area (Å²) in [6, 6.07) is 12.4. The van der Waals surface area contributed by atoms with E-state index < -0.39 is 12.1 Å². The first-order valence-electron chi connectivity index (χ1n) is 9.67. The van der Waals surface area contributed by atoms with Crippen molar-refractivity contribution >= 4 is 22.7 Å². The van der Waals surface area contributed by atoms with Crippen LogP contribution in [0.4, 0.5) is 0 Å². The Labute approximate surface area is 166 Å². The van der Waals surface area contributed by atoms with Crippen LogP contribution in [0.3, 0.4) is 0 Å². The van der Waals surface area contributed by atoms with Gasteiger partial charge in [0.15, 0.2) is 11.5 Å². The maximum Gasteiger partial charge on any atom is 0.251 e. The summed E-state index contributed by atoms with van der Waals surface area (Å²) >= 11 is 0. The molecular weight excluding hydrogens is 370 g/mol. The molecule has 0 bridgehead atoms. The zero-order valence-electron chi connectivity index (χ0n) is 15.8. The molecule has 0 radical (unpaired) electrons. The number of nitrogens with zero attached hydrogens (tertiary/aromatic N) is 2. The Morgan fingerprint density at radius 2 is 1.86 bits per heavy atom. The van der Waals surface area contributed by atoms with Gasteiger partial charge in [-0.05, 0) is 29.3 Å². The fourth-order valence-electron chi connectivity index (χ4n) is 4.79. The smallest absolute Gasteiger partial charge is 0.251 e. The van der Waals surface area contributed by atoms with Gasteiger partial charge in [0.2, 0.25) is 12.7 Å². The van der Waals surface area contributed by atoms with Crippen molar-refractivity contribution in [1.82, 2.24) is 14.8 Å². The molecule has 2 aromatic carbocycles. The molecule has 0 saturated carbocycles. The van der Waals surface area contributed by atoms with Gasteiger partial charge in [-0.1, -0.05) is 24.3 Å². The van der Waals surface area contributed by atoms with Crippen molar-refractivity contribution in [3.63, 3.8) is 0 Å². The van der Waals surface area contributed by atoms with E-state index in [0.29, 0.717) is 24.5 Å². The van der Waals surface area contributed by atoms with Crippen LogP contribution in [0, 0.1) is 0 Å². The summed E-state index contributed by atoms with van der Waals surface area (Å²) in [5.41, 5.74) is 3.92. The molecular formula is C22H19N3O4. The predicted octanol–water partition coefficient (Wildman–Crippen LogP) is 2.36. The van der Waals surface area contributed by atoms with E-state index >= 15 is 0 Å². The molecule has 2 atom stereocenters. The summed E-state index contributed by atoms with van der Waals surface area (Å²) in [4.78, 5) is 33.5. The number of ether oxygens (including phenoxy) is 2. The molecule has 3 aliphatic heterocycles. The Morgan fingerprint density at radius 3 is 2.76 bits per heavy atom. The molecule has 0 aliphatic carbocycles. The Bertz CT molecular complexity index is 1180. The first-order valence-corrected chi connectivity index (χ1v) is 9.67. The fraction of sp³-hybridized carbons (Fsp3) is 0.273. The first kappa shape index (κ1) is 16.5. The van der Waals surface area contributed by atoms with Crippen LogP contribution in [0.1, 0.15) is 22.9 Å². The van der Waals surface area contributed by atoms with Crippen molar-refractivity contribution in [2.45, 2.75) is 25.0 Å². The lowest BCUT2D eigenvalue weighted by molar-refractivity contribution is -0.162. The number of H-pyrrole nitrogens is 1. The summed E-state index contributed by atoms with van der Waals surface area (Å²) in [6.07, 6.45) is 0.530. The van der Waals surface area contributed by atoms with Crippen molar-refractivity contribution in [2.75, 3.05) is 13.8 Å². The second-order valence-corrected chi connectivity index (χ2v) is 7.78. The Kier molecular flexibility index (Phi) is 3.27. The average molecular weight is 389 g/mol. The van der Waals surface area contributed by atoms with Crippen molar-refractivity contribution in [1.29, 1.82) is 0 Å². The van der Waals surface area contributed by atoms with Crippen LogP contribution >= 0.6 is 0 Å². The predicted molar refractivity (Wildman–Crippen MR) is 104 cm³/mol.